The van der Waals surface area contributed by atoms with Crippen molar-refractivity contribution in [1.29, 1.82) is 0 Å². The fourth-order valence-corrected chi connectivity index (χ4v) is 2.13. The second kappa shape index (κ2) is 4.94. The van der Waals surface area contributed by atoms with Gasteiger partial charge in [-0.3, -0.25) is 4.79 Å². The van der Waals surface area contributed by atoms with E-state index in [0.29, 0.717) is 12.1 Å². The highest BCUT2D eigenvalue weighted by Gasteiger charge is 2.06. The number of nitrogens with one attached hydrogen (secondary N) is 2. The molecule has 2 N–H and O–H groups in total. The molecular weight excluding hydrogens is 222 g/mol. The maximum Gasteiger partial charge on any atom is 0.253 e. The summed E-state index contributed by atoms with van der Waals surface area (Å²) >= 11 is 1.58. The van der Waals surface area contributed by atoms with Crippen LogP contribution in [0.15, 0.2) is 23.8 Å². The molecule has 0 saturated carbocycles. The first-order valence-corrected chi connectivity index (χ1v) is 6.02. The lowest BCUT2D eigenvalue weighted by Crippen LogP contribution is -2.22. The molecule has 2 aromatic heterocycles. The molecule has 0 radical (unpaired) electrons. The van der Waals surface area contributed by atoms with E-state index < -0.39 is 0 Å². The lowest BCUT2D eigenvalue weighted by Gasteiger charge is -1.99. The maximum absolute atomic E-state index is 11.6. The number of hydrogen-bond donors (Lipinski definition) is 2. The zero-order valence-corrected chi connectivity index (χ0v) is 9.80. The van der Waals surface area contributed by atoms with Crippen molar-refractivity contribution >= 4 is 17.2 Å². The predicted molar refractivity (Wildman–Crippen MR) is 63.5 cm³/mol. The molecule has 0 atom stereocenters. The molecule has 0 unspecified atom stereocenters. The molecule has 0 aliphatic carbocycles. The number of thiazole rings is 1. The average molecular weight is 235 g/mol. The van der Waals surface area contributed by atoms with Crippen LogP contribution >= 0.6 is 11.3 Å². The van der Waals surface area contributed by atoms with E-state index in [1.54, 1.807) is 29.8 Å². The van der Waals surface area contributed by atoms with Gasteiger partial charge < -0.3 is 10.3 Å². The van der Waals surface area contributed by atoms with Gasteiger partial charge in [0.25, 0.3) is 5.91 Å². The monoisotopic (exact) mass is 235 g/mol. The van der Waals surface area contributed by atoms with Gasteiger partial charge in [-0.1, -0.05) is 6.92 Å². The average Bonchev–Trinajstić information content (AvgIpc) is 2.96. The summed E-state index contributed by atoms with van der Waals surface area (Å²) < 4.78 is 0. The van der Waals surface area contributed by atoms with Gasteiger partial charge in [-0.05, 0) is 12.5 Å². The Labute approximate surface area is 97.7 Å². The highest BCUT2D eigenvalue weighted by atomic mass is 32.1. The van der Waals surface area contributed by atoms with Crippen molar-refractivity contribution in [3.8, 4) is 0 Å². The molecule has 5 heteroatoms. The molecule has 1 amide bonds. The van der Waals surface area contributed by atoms with Crippen LogP contribution in [0.4, 0.5) is 0 Å². The van der Waals surface area contributed by atoms with Crippen LogP contribution in [0.25, 0.3) is 0 Å². The molecule has 4 nitrogen and oxygen atoms in total. The molecule has 0 spiro atoms. The van der Waals surface area contributed by atoms with Gasteiger partial charge in [-0.25, -0.2) is 4.98 Å². The molecule has 0 aliphatic rings. The minimum Gasteiger partial charge on any atom is -0.367 e. The number of rotatable bonds is 4. The molecule has 16 heavy (non-hydrogen) atoms. The summed E-state index contributed by atoms with van der Waals surface area (Å²) in [5.41, 5.74) is 1.73. The van der Waals surface area contributed by atoms with E-state index in [1.807, 2.05) is 5.38 Å². The van der Waals surface area contributed by atoms with Gasteiger partial charge in [0.2, 0.25) is 0 Å². The molecule has 0 aromatic carbocycles. The minimum absolute atomic E-state index is 0.0745. The van der Waals surface area contributed by atoms with Crippen LogP contribution in [0.3, 0.4) is 0 Å². The van der Waals surface area contributed by atoms with E-state index in [0.717, 1.165) is 17.1 Å². The second-order valence-electron chi connectivity index (χ2n) is 3.37. The van der Waals surface area contributed by atoms with Gasteiger partial charge >= 0.3 is 0 Å². The third-order valence-electron chi connectivity index (χ3n) is 2.22. The van der Waals surface area contributed by atoms with E-state index >= 15 is 0 Å². The van der Waals surface area contributed by atoms with Gasteiger partial charge in [0.1, 0.15) is 5.01 Å². The van der Waals surface area contributed by atoms with Crippen LogP contribution in [0.5, 0.6) is 0 Å². The van der Waals surface area contributed by atoms with Gasteiger partial charge in [-0.15, -0.1) is 11.3 Å². The van der Waals surface area contributed by atoms with Crippen molar-refractivity contribution < 1.29 is 4.79 Å². The highest BCUT2D eigenvalue weighted by Crippen LogP contribution is 2.10. The maximum atomic E-state index is 11.6. The summed E-state index contributed by atoms with van der Waals surface area (Å²) in [5.74, 6) is -0.0745. The first-order chi connectivity index (χ1) is 7.79. The summed E-state index contributed by atoms with van der Waals surface area (Å²) in [6.07, 6.45) is 4.34. The number of aromatic nitrogens is 2. The van der Waals surface area contributed by atoms with E-state index in [4.69, 9.17) is 0 Å². The zero-order valence-electron chi connectivity index (χ0n) is 8.99. The molecule has 2 aromatic rings. The molecule has 0 saturated heterocycles. The topological polar surface area (TPSA) is 57.8 Å². The Bertz CT molecular complexity index is 461. The van der Waals surface area contributed by atoms with Crippen molar-refractivity contribution in [2.45, 2.75) is 19.9 Å². The lowest BCUT2D eigenvalue weighted by molar-refractivity contribution is 0.0951. The summed E-state index contributed by atoms with van der Waals surface area (Å²) in [6.45, 7) is 2.56. The smallest absolute Gasteiger partial charge is 0.253 e. The number of nitrogens with zero attached hydrogens (tertiary/aromatic N) is 1. The Morgan fingerprint density at radius 2 is 2.50 bits per heavy atom. The quantitative estimate of drug-likeness (QED) is 0.851. The van der Waals surface area contributed by atoms with E-state index in [2.05, 4.69) is 22.2 Å². The summed E-state index contributed by atoms with van der Waals surface area (Å²) in [6, 6.07) is 1.74. The minimum atomic E-state index is -0.0745. The SMILES string of the molecule is CCc1csc(CNC(=O)c2cc[nH]c2)n1. The number of aromatic amines is 1. The van der Waals surface area contributed by atoms with Gasteiger partial charge in [-0.2, -0.15) is 0 Å². The fourth-order valence-electron chi connectivity index (χ4n) is 1.32. The lowest BCUT2D eigenvalue weighted by atomic mass is 10.3. The largest absolute Gasteiger partial charge is 0.367 e. The van der Waals surface area contributed by atoms with Crippen LogP contribution in [-0.2, 0) is 13.0 Å². The van der Waals surface area contributed by atoms with Crippen LogP contribution in [-0.4, -0.2) is 15.9 Å². The third kappa shape index (κ3) is 2.49. The Balaban J connectivity index is 1.90. The molecule has 0 aliphatic heterocycles. The number of hydrogen-bond acceptors (Lipinski definition) is 3. The summed E-state index contributed by atoms with van der Waals surface area (Å²) in [5, 5.41) is 5.80. The Morgan fingerprint density at radius 1 is 1.62 bits per heavy atom. The van der Waals surface area contributed by atoms with Crippen molar-refractivity contribution in [3.05, 3.63) is 40.1 Å². The fraction of sp³-hybridized carbons (Fsp3) is 0.273. The van der Waals surface area contributed by atoms with Crippen LogP contribution in [0.2, 0.25) is 0 Å². The normalized spacial score (nSPS) is 10.3. The molecule has 2 heterocycles. The van der Waals surface area contributed by atoms with Gasteiger partial charge in [0.15, 0.2) is 0 Å². The number of H-pyrrole nitrogens is 1. The van der Waals surface area contributed by atoms with Crippen molar-refractivity contribution in [2.75, 3.05) is 0 Å². The van der Waals surface area contributed by atoms with Crippen molar-refractivity contribution in [2.24, 2.45) is 0 Å². The molecule has 0 fully saturated rings. The molecular formula is C11H13N3OS. The standard InChI is InChI=1S/C11H13N3OS/c1-2-9-7-16-10(14-9)6-13-11(15)8-3-4-12-5-8/h3-5,7,12H,2,6H2,1H3,(H,13,15). The Morgan fingerprint density at radius 3 is 3.12 bits per heavy atom. The predicted octanol–water partition coefficient (Wildman–Crippen LogP) is 1.96. The number of amides is 1. The molecule has 2 rings (SSSR count). The first-order valence-electron chi connectivity index (χ1n) is 5.14. The first kappa shape index (κ1) is 10.9. The number of aryl methyl sites for hydroxylation is 1. The van der Waals surface area contributed by atoms with E-state index in [1.165, 1.54) is 0 Å². The van der Waals surface area contributed by atoms with Crippen LogP contribution < -0.4 is 5.32 Å². The summed E-state index contributed by atoms with van der Waals surface area (Å²) in [7, 11) is 0. The highest BCUT2D eigenvalue weighted by molar-refractivity contribution is 7.09. The molecule has 84 valence electrons. The van der Waals surface area contributed by atoms with E-state index in [-0.39, 0.29) is 5.91 Å². The van der Waals surface area contributed by atoms with Crippen LogP contribution in [0, 0.1) is 0 Å². The Hall–Kier alpha value is -1.62. The third-order valence-corrected chi connectivity index (χ3v) is 3.12. The molecule has 0 bridgehead atoms. The number of carbonyl (C=O) groups excluding carboxylic acids is 1. The van der Waals surface area contributed by atoms with Gasteiger partial charge in [0, 0.05) is 17.8 Å². The number of carbonyl (C=O) groups is 1. The second-order valence-corrected chi connectivity index (χ2v) is 4.31. The van der Waals surface area contributed by atoms with Crippen LogP contribution in [0.1, 0.15) is 28.0 Å². The summed E-state index contributed by atoms with van der Waals surface area (Å²) in [4.78, 5) is 18.8. The van der Waals surface area contributed by atoms with Crippen molar-refractivity contribution in [3.63, 3.8) is 0 Å². The Kier molecular flexibility index (Phi) is 3.36. The van der Waals surface area contributed by atoms with Gasteiger partial charge in [0.05, 0.1) is 17.8 Å². The van der Waals surface area contributed by atoms with Crippen molar-refractivity contribution in [1.82, 2.24) is 15.3 Å². The van der Waals surface area contributed by atoms with E-state index in [9.17, 15) is 4.79 Å². The zero-order chi connectivity index (χ0) is 11.4.